The van der Waals surface area contributed by atoms with Gasteiger partial charge in [0, 0.05) is 30.6 Å². The van der Waals surface area contributed by atoms with E-state index in [2.05, 4.69) is 10.3 Å². The Morgan fingerprint density at radius 2 is 2.04 bits per heavy atom. The summed E-state index contributed by atoms with van der Waals surface area (Å²) >= 11 is 0. The van der Waals surface area contributed by atoms with Crippen LogP contribution in [-0.4, -0.2) is 47.9 Å². The van der Waals surface area contributed by atoms with Gasteiger partial charge in [0.15, 0.2) is 0 Å². The lowest BCUT2D eigenvalue weighted by Crippen LogP contribution is -2.41. The molecule has 2 heterocycles. The Morgan fingerprint density at radius 1 is 1.19 bits per heavy atom. The van der Waals surface area contributed by atoms with Crippen LogP contribution in [0.5, 0.6) is 11.5 Å². The molecule has 0 spiro atoms. The molecule has 0 aliphatic carbocycles. The molecule has 1 aliphatic rings. The Balaban J connectivity index is 1.39. The van der Waals surface area contributed by atoms with Crippen molar-refractivity contribution in [1.29, 1.82) is 0 Å². The lowest BCUT2D eigenvalue weighted by Gasteiger charge is -2.32. The van der Waals surface area contributed by atoms with Gasteiger partial charge in [-0.05, 0) is 53.5 Å². The lowest BCUT2D eigenvalue weighted by molar-refractivity contribution is 0.0633. The van der Waals surface area contributed by atoms with Crippen LogP contribution < -0.4 is 9.47 Å². The maximum absolute atomic E-state index is 12.9. The quantitative estimate of drug-likeness (QED) is 0.689. The second kappa shape index (κ2) is 7.65. The number of amides is 1. The molecular weight excluding hydrogens is 346 g/mol. The number of methoxy groups -OCH3 is 1. The summed E-state index contributed by atoms with van der Waals surface area (Å²) in [5.41, 5.74) is 1.85. The SMILES string of the molecule is COc1cccc(OC[C@H]2CCCN(C(=O)c3ccc4nonc4c3)C2)c1. The van der Waals surface area contributed by atoms with Crippen LogP contribution in [0.3, 0.4) is 0 Å². The highest BCUT2D eigenvalue weighted by Crippen LogP contribution is 2.23. The third-order valence-electron chi connectivity index (χ3n) is 4.83. The number of benzene rings is 2. The summed E-state index contributed by atoms with van der Waals surface area (Å²) in [6.45, 7) is 2.00. The number of hydrogen-bond acceptors (Lipinski definition) is 6. The molecule has 1 atom stereocenters. The Bertz CT molecular complexity index is 940. The van der Waals surface area contributed by atoms with Crippen molar-refractivity contribution in [1.82, 2.24) is 15.2 Å². The average Bonchev–Trinajstić information content (AvgIpc) is 3.20. The van der Waals surface area contributed by atoms with E-state index in [0.29, 0.717) is 35.7 Å². The number of piperidine rings is 1. The van der Waals surface area contributed by atoms with Gasteiger partial charge in [-0.3, -0.25) is 4.79 Å². The number of rotatable bonds is 5. The highest BCUT2D eigenvalue weighted by atomic mass is 16.6. The standard InChI is InChI=1S/C20H21N3O4/c1-25-16-5-2-6-17(11-16)26-13-14-4-3-9-23(12-14)20(24)15-7-8-18-19(10-15)22-27-21-18/h2,5-8,10-11,14H,3-4,9,12-13H2,1H3/t14-/m0/s1. The van der Waals surface area contributed by atoms with E-state index in [0.717, 1.165) is 30.9 Å². The van der Waals surface area contributed by atoms with Crippen molar-refractivity contribution < 1.29 is 18.9 Å². The van der Waals surface area contributed by atoms with Crippen LogP contribution in [0.1, 0.15) is 23.2 Å². The first-order valence-corrected chi connectivity index (χ1v) is 9.01. The van der Waals surface area contributed by atoms with Gasteiger partial charge in [0.25, 0.3) is 5.91 Å². The zero-order valence-electron chi connectivity index (χ0n) is 15.1. The minimum atomic E-state index is 0.00554. The van der Waals surface area contributed by atoms with Crippen molar-refractivity contribution in [2.75, 3.05) is 26.8 Å². The topological polar surface area (TPSA) is 77.7 Å². The summed E-state index contributed by atoms with van der Waals surface area (Å²) in [5.74, 6) is 1.85. The number of fused-ring (bicyclic) bond motifs is 1. The van der Waals surface area contributed by atoms with Crippen LogP contribution in [-0.2, 0) is 0 Å². The third-order valence-corrected chi connectivity index (χ3v) is 4.83. The molecule has 3 aromatic rings. The van der Waals surface area contributed by atoms with Crippen molar-refractivity contribution >= 4 is 16.9 Å². The fraction of sp³-hybridized carbons (Fsp3) is 0.350. The van der Waals surface area contributed by atoms with Crippen molar-refractivity contribution in [3.63, 3.8) is 0 Å². The molecule has 1 amide bonds. The Kier molecular flexibility index (Phi) is 4.91. The smallest absolute Gasteiger partial charge is 0.253 e. The van der Waals surface area contributed by atoms with Gasteiger partial charge in [0.2, 0.25) is 0 Å². The Labute approximate surface area is 156 Å². The number of nitrogens with zero attached hydrogens (tertiary/aromatic N) is 3. The molecular formula is C20H21N3O4. The lowest BCUT2D eigenvalue weighted by atomic mass is 9.98. The Morgan fingerprint density at radius 3 is 2.93 bits per heavy atom. The van der Waals surface area contributed by atoms with Crippen molar-refractivity contribution in [3.05, 3.63) is 48.0 Å². The first-order chi connectivity index (χ1) is 13.2. The van der Waals surface area contributed by atoms with E-state index >= 15 is 0 Å². The van der Waals surface area contributed by atoms with Gasteiger partial charge in [-0.1, -0.05) is 6.07 Å². The van der Waals surface area contributed by atoms with Gasteiger partial charge >= 0.3 is 0 Å². The van der Waals surface area contributed by atoms with Crippen LogP contribution in [0.15, 0.2) is 47.1 Å². The summed E-state index contributed by atoms with van der Waals surface area (Å²) in [5, 5.41) is 7.58. The zero-order chi connectivity index (χ0) is 18.6. The van der Waals surface area contributed by atoms with E-state index in [1.165, 1.54) is 0 Å². The minimum absolute atomic E-state index is 0.00554. The molecule has 2 aromatic carbocycles. The number of carbonyl (C=O) groups excluding carboxylic acids is 1. The fourth-order valence-corrected chi connectivity index (χ4v) is 3.39. The fourth-order valence-electron chi connectivity index (χ4n) is 3.39. The van der Waals surface area contributed by atoms with E-state index in [-0.39, 0.29) is 5.91 Å². The largest absolute Gasteiger partial charge is 0.497 e. The van der Waals surface area contributed by atoms with Crippen LogP contribution in [0.4, 0.5) is 0 Å². The minimum Gasteiger partial charge on any atom is -0.497 e. The van der Waals surface area contributed by atoms with Crippen molar-refractivity contribution in [3.8, 4) is 11.5 Å². The van der Waals surface area contributed by atoms with E-state index in [9.17, 15) is 4.79 Å². The molecule has 0 saturated carbocycles. The molecule has 0 bridgehead atoms. The molecule has 0 N–H and O–H groups in total. The summed E-state index contributed by atoms with van der Waals surface area (Å²) in [6.07, 6.45) is 2.01. The first kappa shape index (κ1) is 17.3. The summed E-state index contributed by atoms with van der Waals surface area (Å²) < 4.78 is 15.8. The second-order valence-corrected chi connectivity index (χ2v) is 6.72. The predicted octanol–water partition coefficient (Wildman–Crippen LogP) is 3.16. The molecule has 7 nitrogen and oxygen atoms in total. The van der Waals surface area contributed by atoms with Gasteiger partial charge in [-0.2, -0.15) is 0 Å². The molecule has 0 radical (unpaired) electrons. The zero-order valence-corrected chi connectivity index (χ0v) is 15.1. The number of aromatic nitrogens is 2. The molecule has 1 saturated heterocycles. The number of ether oxygens (including phenoxy) is 2. The number of carbonyl (C=O) groups is 1. The molecule has 1 aromatic heterocycles. The maximum atomic E-state index is 12.9. The van der Waals surface area contributed by atoms with Crippen LogP contribution in [0.2, 0.25) is 0 Å². The van der Waals surface area contributed by atoms with E-state index in [4.69, 9.17) is 14.1 Å². The third kappa shape index (κ3) is 3.86. The van der Waals surface area contributed by atoms with Crippen LogP contribution in [0, 0.1) is 5.92 Å². The molecule has 4 rings (SSSR count). The Hall–Kier alpha value is -3.09. The van der Waals surface area contributed by atoms with Crippen molar-refractivity contribution in [2.45, 2.75) is 12.8 Å². The average molecular weight is 367 g/mol. The molecule has 7 heteroatoms. The second-order valence-electron chi connectivity index (χ2n) is 6.72. The van der Waals surface area contributed by atoms with Gasteiger partial charge in [0.05, 0.1) is 13.7 Å². The summed E-state index contributed by atoms with van der Waals surface area (Å²) in [7, 11) is 1.64. The molecule has 1 fully saturated rings. The maximum Gasteiger partial charge on any atom is 0.253 e. The monoisotopic (exact) mass is 367 g/mol. The molecule has 140 valence electrons. The van der Waals surface area contributed by atoms with Gasteiger partial charge < -0.3 is 14.4 Å². The van der Waals surface area contributed by atoms with Gasteiger partial charge in [0.1, 0.15) is 22.5 Å². The van der Waals surface area contributed by atoms with Gasteiger partial charge in [-0.25, -0.2) is 4.63 Å². The molecule has 1 aliphatic heterocycles. The van der Waals surface area contributed by atoms with E-state index in [1.54, 1.807) is 25.3 Å². The van der Waals surface area contributed by atoms with Crippen LogP contribution >= 0.6 is 0 Å². The van der Waals surface area contributed by atoms with Crippen molar-refractivity contribution in [2.24, 2.45) is 5.92 Å². The predicted molar refractivity (Wildman–Crippen MR) is 98.9 cm³/mol. The normalized spacial score (nSPS) is 17.1. The number of hydrogen-bond donors (Lipinski definition) is 0. The van der Waals surface area contributed by atoms with Crippen LogP contribution in [0.25, 0.3) is 11.0 Å². The van der Waals surface area contributed by atoms with E-state index < -0.39 is 0 Å². The summed E-state index contributed by atoms with van der Waals surface area (Å²) in [4.78, 5) is 14.7. The first-order valence-electron chi connectivity index (χ1n) is 9.01. The highest BCUT2D eigenvalue weighted by molar-refractivity contribution is 5.97. The molecule has 0 unspecified atom stereocenters. The van der Waals surface area contributed by atoms with E-state index in [1.807, 2.05) is 29.2 Å². The summed E-state index contributed by atoms with van der Waals surface area (Å²) in [6, 6.07) is 12.8. The number of likely N-dealkylation sites (tertiary alicyclic amines) is 1. The molecule has 27 heavy (non-hydrogen) atoms. The van der Waals surface area contributed by atoms with Gasteiger partial charge in [-0.15, -0.1) is 0 Å². The highest BCUT2D eigenvalue weighted by Gasteiger charge is 2.25.